The van der Waals surface area contributed by atoms with Crippen LogP contribution in [-0.4, -0.2) is 34.0 Å². The Morgan fingerprint density at radius 3 is 2.58 bits per heavy atom. The van der Waals surface area contributed by atoms with E-state index >= 15 is 0 Å². The Kier molecular flexibility index (Phi) is 4.04. The number of nitrogens with zero attached hydrogens (tertiary/aromatic N) is 2. The van der Waals surface area contributed by atoms with Crippen LogP contribution in [0.4, 0.5) is 0 Å². The molecule has 0 aliphatic rings. The fourth-order valence-corrected chi connectivity index (χ4v) is 2.41. The molecule has 0 atom stereocenters. The highest BCUT2D eigenvalue weighted by atomic mass is 79.9. The van der Waals surface area contributed by atoms with Crippen molar-refractivity contribution in [2.75, 3.05) is 13.1 Å². The van der Waals surface area contributed by atoms with Crippen molar-refractivity contribution in [1.29, 1.82) is 0 Å². The number of fused-ring (bicyclic) bond motifs is 1. The second-order valence-corrected chi connectivity index (χ2v) is 4.99. The van der Waals surface area contributed by atoms with Crippen LogP contribution in [0.3, 0.4) is 0 Å². The number of pyridine rings is 1. The highest BCUT2D eigenvalue weighted by Crippen LogP contribution is 2.29. The molecule has 0 radical (unpaired) electrons. The predicted molar refractivity (Wildman–Crippen MR) is 78.4 cm³/mol. The molecule has 0 fully saturated rings. The molecule has 1 aromatic carbocycles. The molecular weight excluding hydrogens is 308 g/mol. The first-order valence-corrected chi connectivity index (χ1v) is 6.95. The summed E-state index contributed by atoms with van der Waals surface area (Å²) in [5, 5.41) is 10.6. The molecule has 0 saturated carbocycles. The van der Waals surface area contributed by atoms with E-state index in [9.17, 15) is 9.90 Å². The van der Waals surface area contributed by atoms with Gasteiger partial charge >= 0.3 is 0 Å². The Morgan fingerprint density at radius 2 is 1.95 bits per heavy atom. The number of carbonyl (C=O) groups excluding carboxylic acids is 1. The Morgan fingerprint density at radius 1 is 1.26 bits per heavy atom. The lowest BCUT2D eigenvalue weighted by Crippen LogP contribution is -2.31. The quantitative estimate of drug-likeness (QED) is 0.944. The summed E-state index contributed by atoms with van der Waals surface area (Å²) in [6.45, 7) is 5.13. The van der Waals surface area contributed by atoms with Crippen LogP contribution in [0.15, 0.2) is 28.7 Å². The number of carbonyl (C=O) groups is 1. The van der Waals surface area contributed by atoms with Gasteiger partial charge in [0.1, 0.15) is 17.0 Å². The topological polar surface area (TPSA) is 53.4 Å². The van der Waals surface area contributed by atoms with Gasteiger partial charge in [0.2, 0.25) is 0 Å². The fraction of sp³-hybridized carbons (Fsp3) is 0.286. The van der Waals surface area contributed by atoms with Crippen LogP contribution in [0.5, 0.6) is 5.75 Å². The molecule has 19 heavy (non-hydrogen) atoms. The lowest BCUT2D eigenvalue weighted by Gasteiger charge is -2.18. The van der Waals surface area contributed by atoms with Gasteiger partial charge in [-0.1, -0.05) is 15.9 Å². The number of amides is 1. The van der Waals surface area contributed by atoms with Crippen LogP contribution in [0, 0.1) is 0 Å². The number of aromatic nitrogens is 1. The van der Waals surface area contributed by atoms with Gasteiger partial charge in [-0.25, -0.2) is 4.98 Å². The minimum atomic E-state index is -0.119. The monoisotopic (exact) mass is 322 g/mol. The first kappa shape index (κ1) is 13.8. The van der Waals surface area contributed by atoms with Crippen molar-refractivity contribution in [3.63, 3.8) is 0 Å². The average Bonchev–Trinajstić information content (AvgIpc) is 2.44. The van der Waals surface area contributed by atoms with Crippen LogP contribution >= 0.6 is 15.9 Å². The second-order valence-electron chi connectivity index (χ2n) is 4.14. The highest BCUT2D eigenvalue weighted by molar-refractivity contribution is 9.10. The van der Waals surface area contributed by atoms with Crippen molar-refractivity contribution >= 4 is 32.7 Å². The summed E-state index contributed by atoms with van der Waals surface area (Å²) in [7, 11) is 0. The first-order chi connectivity index (χ1) is 9.08. The van der Waals surface area contributed by atoms with Crippen molar-refractivity contribution < 1.29 is 9.90 Å². The SMILES string of the molecule is CCN(CC)C(=O)c1ccc2c(Br)ccc(O)c2n1. The average molecular weight is 323 g/mol. The summed E-state index contributed by atoms with van der Waals surface area (Å²) in [5.74, 6) is -0.0429. The van der Waals surface area contributed by atoms with Crippen molar-refractivity contribution in [1.82, 2.24) is 9.88 Å². The number of phenols is 1. The van der Waals surface area contributed by atoms with Gasteiger partial charge in [0.25, 0.3) is 5.91 Å². The third kappa shape index (κ3) is 2.56. The standard InChI is InChI=1S/C14H15BrN2O2/c1-3-17(4-2)14(19)11-7-5-9-10(15)6-8-12(18)13(9)16-11/h5-8,18H,3-4H2,1-2H3. The summed E-state index contributed by atoms with van der Waals surface area (Å²) in [5.41, 5.74) is 0.789. The largest absolute Gasteiger partial charge is 0.506 e. The summed E-state index contributed by atoms with van der Waals surface area (Å²) in [4.78, 5) is 18.2. The Hall–Kier alpha value is -1.62. The van der Waals surface area contributed by atoms with Crippen LogP contribution in [0.25, 0.3) is 10.9 Å². The van der Waals surface area contributed by atoms with Crippen LogP contribution < -0.4 is 0 Å². The van der Waals surface area contributed by atoms with E-state index in [1.165, 1.54) is 0 Å². The molecule has 0 bridgehead atoms. The summed E-state index contributed by atoms with van der Waals surface area (Å²) < 4.78 is 0.842. The summed E-state index contributed by atoms with van der Waals surface area (Å²) in [6, 6.07) is 6.80. The Balaban J connectivity index is 2.53. The number of aromatic hydroxyl groups is 1. The zero-order chi connectivity index (χ0) is 14.0. The first-order valence-electron chi connectivity index (χ1n) is 6.16. The minimum Gasteiger partial charge on any atom is -0.506 e. The maximum absolute atomic E-state index is 12.2. The maximum Gasteiger partial charge on any atom is 0.272 e. The van der Waals surface area contributed by atoms with Gasteiger partial charge < -0.3 is 10.0 Å². The van der Waals surface area contributed by atoms with Gasteiger partial charge in [0, 0.05) is 22.9 Å². The number of rotatable bonds is 3. The molecule has 4 nitrogen and oxygen atoms in total. The van der Waals surface area contributed by atoms with Gasteiger partial charge in [0.05, 0.1) is 0 Å². The molecule has 0 aliphatic carbocycles. The molecule has 5 heteroatoms. The van der Waals surface area contributed by atoms with Gasteiger partial charge in [-0.3, -0.25) is 4.79 Å². The Bertz CT molecular complexity index is 624. The van der Waals surface area contributed by atoms with E-state index < -0.39 is 0 Å². The van der Waals surface area contributed by atoms with Crippen LogP contribution in [-0.2, 0) is 0 Å². The van der Waals surface area contributed by atoms with E-state index in [1.54, 1.807) is 29.2 Å². The van der Waals surface area contributed by atoms with Gasteiger partial charge in [0.15, 0.2) is 0 Å². The van der Waals surface area contributed by atoms with E-state index in [0.29, 0.717) is 24.3 Å². The van der Waals surface area contributed by atoms with Crippen molar-refractivity contribution in [3.05, 3.63) is 34.4 Å². The number of benzene rings is 1. The third-order valence-corrected chi connectivity index (χ3v) is 3.74. The molecule has 2 rings (SSSR count). The van der Waals surface area contributed by atoms with E-state index in [2.05, 4.69) is 20.9 Å². The molecule has 100 valence electrons. The number of hydrogen-bond donors (Lipinski definition) is 1. The second kappa shape index (κ2) is 5.57. The highest BCUT2D eigenvalue weighted by Gasteiger charge is 2.15. The smallest absolute Gasteiger partial charge is 0.272 e. The predicted octanol–water partition coefficient (Wildman–Crippen LogP) is 3.18. The molecule has 0 saturated heterocycles. The molecule has 1 N–H and O–H groups in total. The zero-order valence-corrected chi connectivity index (χ0v) is 12.4. The van der Waals surface area contributed by atoms with Crippen LogP contribution in [0.2, 0.25) is 0 Å². The third-order valence-electron chi connectivity index (χ3n) is 3.05. The molecule has 0 unspecified atom stereocenters. The fourth-order valence-electron chi connectivity index (χ4n) is 1.96. The van der Waals surface area contributed by atoms with Crippen molar-refractivity contribution in [2.45, 2.75) is 13.8 Å². The van der Waals surface area contributed by atoms with E-state index in [-0.39, 0.29) is 11.7 Å². The molecule has 2 aromatic rings. The van der Waals surface area contributed by atoms with Gasteiger partial charge in [-0.05, 0) is 38.1 Å². The molecule has 1 heterocycles. The lowest BCUT2D eigenvalue weighted by atomic mass is 10.2. The number of hydrogen-bond acceptors (Lipinski definition) is 3. The van der Waals surface area contributed by atoms with Crippen molar-refractivity contribution in [2.24, 2.45) is 0 Å². The van der Waals surface area contributed by atoms with E-state index in [0.717, 1.165) is 9.86 Å². The van der Waals surface area contributed by atoms with Gasteiger partial charge in [-0.15, -0.1) is 0 Å². The number of halogens is 1. The molecule has 0 spiro atoms. The molecule has 1 amide bonds. The number of phenolic OH excluding ortho intramolecular Hbond substituents is 1. The zero-order valence-electron chi connectivity index (χ0n) is 10.9. The van der Waals surface area contributed by atoms with Gasteiger partial charge in [-0.2, -0.15) is 0 Å². The van der Waals surface area contributed by atoms with Crippen LogP contribution in [0.1, 0.15) is 24.3 Å². The normalized spacial score (nSPS) is 10.7. The lowest BCUT2D eigenvalue weighted by molar-refractivity contribution is 0.0767. The maximum atomic E-state index is 12.2. The molecule has 1 aromatic heterocycles. The Labute approximate surface area is 120 Å². The summed E-state index contributed by atoms with van der Waals surface area (Å²) in [6.07, 6.45) is 0. The molecular formula is C14H15BrN2O2. The van der Waals surface area contributed by atoms with Crippen molar-refractivity contribution in [3.8, 4) is 5.75 Å². The van der Waals surface area contributed by atoms with E-state index in [4.69, 9.17) is 0 Å². The summed E-state index contributed by atoms with van der Waals surface area (Å²) >= 11 is 3.40. The van der Waals surface area contributed by atoms with E-state index in [1.807, 2.05) is 13.8 Å². The molecule has 0 aliphatic heterocycles. The minimum absolute atomic E-state index is 0.0763.